The lowest BCUT2D eigenvalue weighted by molar-refractivity contribution is 0.798. The summed E-state index contributed by atoms with van der Waals surface area (Å²) in [5.41, 5.74) is 9.02. The molecule has 0 bridgehead atoms. The topological polar surface area (TPSA) is 48.7 Å². The Morgan fingerprint density at radius 3 is 2.20 bits per heavy atom. The van der Waals surface area contributed by atoms with Crippen LogP contribution in [0.2, 0.25) is 0 Å². The average molecular weight is 335 g/mol. The minimum Gasteiger partial charge on any atom is -0.384 e. The Morgan fingerprint density at radius 2 is 1.60 bits per heavy atom. The first-order valence-corrected chi connectivity index (χ1v) is 8.52. The van der Waals surface area contributed by atoms with Gasteiger partial charge in [0.2, 0.25) is 0 Å². The van der Waals surface area contributed by atoms with E-state index in [0.717, 1.165) is 23.5 Å². The van der Waals surface area contributed by atoms with Crippen LogP contribution < -0.4 is 5.32 Å². The second-order valence-corrected chi connectivity index (χ2v) is 6.48. The van der Waals surface area contributed by atoms with E-state index >= 15 is 0 Å². The summed E-state index contributed by atoms with van der Waals surface area (Å²) in [5, 5.41) is 12.2. The number of aryl methyl sites for hydroxylation is 1. The van der Waals surface area contributed by atoms with Gasteiger partial charge in [-0.05, 0) is 88.5 Å². The minimum atomic E-state index is 0.706. The lowest BCUT2D eigenvalue weighted by atomic mass is 10.0. The van der Waals surface area contributed by atoms with E-state index in [1.165, 1.54) is 22.3 Å². The second-order valence-electron chi connectivity index (χ2n) is 6.48. The van der Waals surface area contributed by atoms with Gasteiger partial charge in [0.25, 0.3) is 0 Å². The van der Waals surface area contributed by atoms with E-state index in [4.69, 9.17) is 5.26 Å². The van der Waals surface area contributed by atoms with E-state index in [1.807, 2.05) is 32.2 Å². The van der Waals surface area contributed by atoms with E-state index in [9.17, 15) is 0 Å². The Bertz CT molecular complexity index is 784. The fourth-order valence-electron chi connectivity index (χ4n) is 2.15. The molecule has 0 aliphatic carbocycles. The van der Waals surface area contributed by atoms with Crippen LogP contribution >= 0.6 is 0 Å². The van der Waals surface area contributed by atoms with Gasteiger partial charge in [-0.2, -0.15) is 5.26 Å². The molecule has 0 spiro atoms. The summed E-state index contributed by atoms with van der Waals surface area (Å²) in [4.78, 5) is 4.45. The smallest absolute Gasteiger partial charge is 0.0944 e. The minimum absolute atomic E-state index is 0.706. The van der Waals surface area contributed by atoms with Crippen molar-refractivity contribution in [3.8, 4) is 6.07 Å². The van der Waals surface area contributed by atoms with Gasteiger partial charge >= 0.3 is 0 Å². The molecular weight excluding hydrogens is 306 g/mol. The van der Waals surface area contributed by atoms with Crippen LogP contribution in [0.15, 0.2) is 52.9 Å². The molecule has 1 rings (SSSR count). The van der Waals surface area contributed by atoms with Gasteiger partial charge in [-0.25, -0.2) is 0 Å². The molecule has 0 unspecified atom stereocenters. The van der Waals surface area contributed by atoms with Crippen LogP contribution in [0, 0.1) is 32.1 Å². The van der Waals surface area contributed by atoms with E-state index in [1.54, 1.807) is 6.92 Å². The lowest BCUT2D eigenvalue weighted by Gasteiger charge is -2.12. The maximum Gasteiger partial charge on any atom is 0.0944 e. The highest BCUT2D eigenvalue weighted by Crippen LogP contribution is 2.15. The highest BCUT2D eigenvalue weighted by Gasteiger charge is 2.04. The number of nitrogens with one attached hydrogen (secondary N) is 1. The summed E-state index contributed by atoms with van der Waals surface area (Å²) < 4.78 is 0. The molecule has 3 heteroatoms. The van der Waals surface area contributed by atoms with Crippen molar-refractivity contribution in [2.24, 2.45) is 0 Å². The van der Waals surface area contributed by atoms with E-state index < -0.39 is 0 Å². The molecule has 0 amide bonds. The zero-order chi connectivity index (χ0) is 19.0. The maximum atomic E-state index is 8.78. The predicted molar refractivity (Wildman–Crippen MR) is 106 cm³/mol. The highest BCUT2D eigenvalue weighted by molar-refractivity contribution is 5.36. The van der Waals surface area contributed by atoms with Crippen LogP contribution in [0.25, 0.3) is 0 Å². The standard InChI is InChI=1S/C22H29N3/c1-15(12-23)8-9-16(2)17(3)10-11-18(4)24-13-22-14-25-21(7)19(5)20(22)6/h8-11,14,24H,13H2,1-7H3/b15-8+,16-9+,17-10+,18-11+. The first-order chi connectivity index (χ1) is 11.8. The second kappa shape index (κ2) is 9.64. The summed E-state index contributed by atoms with van der Waals surface area (Å²) >= 11 is 0. The van der Waals surface area contributed by atoms with Crippen LogP contribution in [-0.4, -0.2) is 4.98 Å². The fourth-order valence-corrected chi connectivity index (χ4v) is 2.15. The van der Waals surface area contributed by atoms with Crippen molar-refractivity contribution >= 4 is 0 Å². The molecule has 1 heterocycles. The molecule has 1 aromatic heterocycles. The molecule has 3 nitrogen and oxygen atoms in total. The largest absolute Gasteiger partial charge is 0.384 e. The first-order valence-electron chi connectivity index (χ1n) is 8.52. The highest BCUT2D eigenvalue weighted by atomic mass is 14.9. The summed E-state index contributed by atoms with van der Waals surface area (Å²) in [7, 11) is 0. The van der Waals surface area contributed by atoms with Crippen LogP contribution in [0.5, 0.6) is 0 Å². The third-order valence-electron chi connectivity index (χ3n) is 4.52. The molecule has 0 aliphatic heterocycles. The molecule has 0 aliphatic rings. The normalized spacial score (nSPS) is 13.7. The Hall–Kier alpha value is -2.60. The molecular formula is C22H29N3. The Kier molecular flexibility index (Phi) is 7.88. The first kappa shape index (κ1) is 20.4. The van der Waals surface area contributed by atoms with Gasteiger partial charge < -0.3 is 5.32 Å². The zero-order valence-corrected chi connectivity index (χ0v) is 16.5. The third kappa shape index (κ3) is 6.43. The zero-order valence-electron chi connectivity index (χ0n) is 16.5. The van der Waals surface area contributed by atoms with Crippen LogP contribution in [-0.2, 0) is 6.54 Å². The van der Waals surface area contributed by atoms with Gasteiger partial charge in [0.1, 0.15) is 0 Å². The van der Waals surface area contributed by atoms with Gasteiger partial charge in [-0.3, -0.25) is 4.98 Å². The summed E-state index contributed by atoms with van der Waals surface area (Å²) in [6, 6.07) is 2.12. The molecule has 132 valence electrons. The number of rotatable bonds is 6. The number of aromatic nitrogens is 1. The molecule has 0 aromatic carbocycles. The number of hydrogen-bond donors (Lipinski definition) is 1. The molecule has 0 atom stereocenters. The SMILES string of the molecule is C\C(C#N)=C/C=C(C)/C(C)=C/C=C(\C)NCc1cnc(C)c(C)c1C. The summed E-state index contributed by atoms with van der Waals surface area (Å²) in [5.74, 6) is 0. The Balaban J connectivity index is 2.76. The monoisotopic (exact) mass is 335 g/mol. The molecule has 0 saturated carbocycles. The van der Waals surface area contributed by atoms with Gasteiger partial charge in [-0.15, -0.1) is 0 Å². The molecule has 0 fully saturated rings. The van der Waals surface area contributed by atoms with Crippen molar-refractivity contribution in [3.63, 3.8) is 0 Å². The maximum absolute atomic E-state index is 8.78. The Labute approximate surface area is 152 Å². The van der Waals surface area contributed by atoms with E-state index in [2.05, 4.69) is 56.2 Å². The summed E-state index contributed by atoms with van der Waals surface area (Å²) in [6.45, 7) is 15.1. The van der Waals surface area contributed by atoms with Gasteiger partial charge in [0, 0.05) is 29.7 Å². The van der Waals surface area contributed by atoms with Gasteiger partial charge in [0.05, 0.1) is 6.07 Å². The van der Waals surface area contributed by atoms with Gasteiger partial charge in [-0.1, -0.05) is 12.2 Å². The van der Waals surface area contributed by atoms with Crippen molar-refractivity contribution in [1.82, 2.24) is 10.3 Å². The quantitative estimate of drug-likeness (QED) is 0.562. The number of hydrogen-bond acceptors (Lipinski definition) is 3. The van der Waals surface area contributed by atoms with Crippen LogP contribution in [0.4, 0.5) is 0 Å². The summed E-state index contributed by atoms with van der Waals surface area (Å²) in [6.07, 6.45) is 9.95. The van der Waals surface area contributed by atoms with Crippen LogP contribution in [0.3, 0.4) is 0 Å². The average Bonchev–Trinajstić information content (AvgIpc) is 2.61. The molecule has 25 heavy (non-hydrogen) atoms. The molecule has 0 saturated heterocycles. The molecule has 1 N–H and O–H groups in total. The van der Waals surface area contributed by atoms with Crippen molar-refractivity contribution in [2.45, 2.75) is 55.0 Å². The molecule has 1 aromatic rings. The van der Waals surface area contributed by atoms with Crippen molar-refractivity contribution in [3.05, 3.63) is 75.3 Å². The predicted octanol–water partition coefficient (Wildman–Crippen LogP) is 5.36. The molecule has 0 radical (unpaired) electrons. The van der Waals surface area contributed by atoms with E-state index in [-0.39, 0.29) is 0 Å². The van der Waals surface area contributed by atoms with Crippen molar-refractivity contribution in [2.75, 3.05) is 0 Å². The van der Waals surface area contributed by atoms with Gasteiger partial charge in [0.15, 0.2) is 0 Å². The third-order valence-corrected chi connectivity index (χ3v) is 4.52. The fraction of sp³-hybridized carbons (Fsp3) is 0.364. The van der Waals surface area contributed by atoms with Crippen LogP contribution in [0.1, 0.15) is 50.1 Å². The number of nitriles is 1. The Morgan fingerprint density at radius 1 is 1.00 bits per heavy atom. The number of nitrogens with zero attached hydrogens (tertiary/aromatic N) is 2. The van der Waals surface area contributed by atoms with Crippen molar-refractivity contribution < 1.29 is 0 Å². The van der Waals surface area contributed by atoms with Crippen molar-refractivity contribution in [1.29, 1.82) is 5.26 Å². The van der Waals surface area contributed by atoms with E-state index in [0.29, 0.717) is 5.57 Å². The number of pyridine rings is 1. The lowest BCUT2D eigenvalue weighted by Crippen LogP contribution is -2.12. The number of allylic oxidation sites excluding steroid dienone is 8.